The second-order valence-electron chi connectivity index (χ2n) is 2.31. The molecule has 1 N–H and O–H groups in total. The van der Waals surface area contributed by atoms with Crippen LogP contribution in [0.3, 0.4) is 0 Å². The van der Waals surface area contributed by atoms with Crippen LogP contribution in [0.15, 0.2) is 24.0 Å². The van der Waals surface area contributed by atoms with Crippen molar-refractivity contribution in [2.24, 2.45) is 0 Å². The number of Topliss-reactive ketones (excluding diaryl/α,β-unsaturated/α-hetero) is 2. The predicted molar refractivity (Wildman–Crippen MR) is 39.1 cm³/mol. The van der Waals surface area contributed by atoms with Crippen molar-refractivity contribution >= 4 is 11.6 Å². The Hall–Kier alpha value is -1.38. The molecule has 1 aliphatic carbocycles. The molecule has 1 aliphatic rings. The maximum atomic E-state index is 10.9. The average Bonchev–Trinajstić information content (AvgIpc) is 2.30. The Morgan fingerprint density at radius 1 is 1.36 bits per heavy atom. The molecule has 0 radical (unpaired) electrons. The molecule has 0 atom stereocenters. The number of aliphatic hydroxyl groups is 1. The molecular weight excluding hydrogens is 144 g/mol. The number of carbonyl (C=O) groups is 2. The summed E-state index contributed by atoms with van der Waals surface area (Å²) in [5.41, 5.74) is -0.0833. The van der Waals surface area contributed by atoms with Gasteiger partial charge in [-0.25, -0.2) is 0 Å². The van der Waals surface area contributed by atoms with Crippen LogP contribution in [-0.4, -0.2) is 16.7 Å². The van der Waals surface area contributed by atoms with E-state index in [2.05, 4.69) is 6.58 Å². The number of rotatable bonds is 1. The van der Waals surface area contributed by atoms with E-state index in [1.807, 2.05) is 0 Å². The van der Waals surface area contributed by atoms with E-state index < -0.39 is 0 Å². The molecule has 58 valence electrons. The van der Waals surface area contributed by atoms with Gasteiger partial charge < -0.3 is 5.11 Å². The van der Waals surface area contributed by atoms with Gasteiger partial charge in [0.25, 0.3) is 0 Å². The van der Waals surface area contributed by atoms with Gasteiger partial charge in [0, 0.05) is 12.8 Å². The zero-order valence-corrected chi connectivity index (χ0v) is 5.96. The fourth-order valence-electron chi connectivity index (χ4n) is 1.02. The third-order valence-corrected chi connectivity index (χ3v) is 1.59. The molecular formula is C8H8O3. The van der Waals surface area contributed by atoms with Crippen LogP contribution in [0, 0.1) is 0 Å². The van der Waals surface area contributed by atoms with Crippen LogP contribution in [0.5, 0.6) is 0 Å². The van der Waals surface area contributed by atoms with E-state index in [0.717, 1.165) is 6.08 Å². The van der Waals surface area contributed by atoms with E-state index in [1.165, 1.54) is 0 Å². The molecule has 0 aromatic rings. The minimum Gasteiger partial charge on any atom is -0.507 e. The minimum atomic E-state index is -0.294. The summed E-state index contributed by atoms with van der Waals surface area (Å²) in [5.74, 6) is -0.864. The minimum absolute atomic E-state index is 0.0833. The normalized spacial score (nSPS) is 17.3. The first-order valence-corrected chi connectivity index (χ1v) is 3.29. The first-order chi connectivity index (χ1) is 5.16. The maximum absolute atomic E-state index is 10.9. The molecule has 11 heavy (non-hydrogen) atoms. The predicted octanol–water partition coefficient (Wildman–Crippen LogP) is 0.916. The quantitative estimate of drug-likeness (QED) is 0.345. The summed E-state index contributed by atoms with van der Waals surface area (Å²) in [7, 11) is 0. The van der Waals surface area contributed by atoms with Gasteiger partial charge in [-0.15, -0.1) is 0 Å². The van der Waals surface area contributed by atoms with Gasteiger partial charge in [-0.1, -0.05) is 6.58 Å². The molecule has 0 amide bonds. The van der Waals surface area contributed by atoms with E-state index in [9.17, 15) is 9.59 Å². The van der Waals surface area contributed by atoms with Crippen LogP contribution in [0.1, 0.15) is 12.8 Å². The van der Waals surface area contributed by atoms with Crippen LogP contribution in [0.25, 0.3) is 0 Å². The standard InChI is InChI=1S/C8H8O3/c1-2-5(9)8-6(10)3-4-7(8)11/h2,9H,1,3-4H2. The molecule has 1 fully saturated rings. The first-order valence-electron chi connectivity index (χ1n) is 3.29. The van der Waals surface area contributed by atoms with E-state index in [0.29, 0.717) is 0 Å². The lowest BCUT2D eigenvalue weighted by atomic mass is 10.1. The highest BCUT2D eigenvalue weighted by Crippen LogP contribution is 2.19. The van der Waals surface area contributed by atoms with E-state index in [4.69, 9.17) is 5.11 Å². The Balaban J connectivity index is 3.11. The first kappa shape index (κ1) is 7.72. The lowest BCUT2D eigenvalue weighted by Gasteiger charge is -1.93. The average molecular weight is 152 g/mol. The topological polar surface area (TPSA) is 54.4 Å². The maximum Gasteiger partial charge on any atom is 0.170 e. The second-order valence-corrected chi connectivity index (χ2v) is 2.31. The number of hydrogen-bond donors (Lipinski definition) is 1. The number of ketones is 2. The molecule has 0 unspecified atom stereocenters. The van der Waals surface area contributed by atoms with Crippen molar-refractivity contribution in [2.75, 3.05) is 0 Å². The van der Waals surface area contributed by atoms with E-state index in [1.54, 1.807) is 0 Å². The highest BCUT2D eigenvalue weighted by atomic mass is 16.3. The summed E-state index contributed by atoms with van der Waals surface area (Å²) < 4.78 is 0. The van der Waals surface area contributed by atoms with Gasteiger partial charge in [-0.3, -0.25) is 9.59 Å². The third kappa shape index (κ3) is 1.22. The van der Waals surface area contributed by atoms with Gasteiger partial charge in [0.2, 0.25) is 0 Å². The Morgan fingerprint density at radius 3 is 2.18 bits per heavy atom. The fourth-order valence-corrected chi connectivity index (χ4v) is 1.02. The number of hydrogen-bond acceptors (Lipinski definition) is 3. The van der Waals surface area contributed by atoms with Crippen molar-refractivity contribution in [2.45, 2.75) is 12.8 Å². The molecule has 0 aromatic heterocycles. The Morgan fingerprint density at radius 2 is 1.82 bits per heavy atom. The Kier molecular flexibility index (Phi) is 1.89. The summed E-state index contributed by atoms with van der Waals surface area (Å²) in [6, 6.07) is 0. The highest BCUT2D eigenvalue weighted by molar-refractivity contribution is 6.25. The third-order valence-electron chi connectivity index (χ3n) is 1.59. The molecule has 0 aromatic carbocycles. The second kappa shape index (κ2) is 2.70. The van der Waals surface area contributed by atoms with Crippen molar-refractivity contribution in [3.8, 4) is 0 Å². The number of aliphatic hydroxyl groups excluding tert-OH is 1. The van der Waals surface area contributed by atoms with Gasteiger partial charge in [0.15, 0.2) is 11.6 Å². The summed E-state index contributed by atoms with van der Waals surface area (Å²) in [4.78, 5) is 21.8. The molecule has 0 heterocycles. The highest BCUT2D eigenvalue weighted by Gasteiger charge is 2.28. The lowest BCUT2D eigenvalue weighted by molar-refractivity contribution is -0.116. The van der Waals surface area contributed by atoms with Crippen molar-refractivity contribution in [3.05, 3.63) is 24.0 Å². The molecule has 0 spiro atoms. The Labute approximate surface area is 64.0 Å². The van der Waals surface area contributed by atoms with Crippen LogP contribution < -0.4 is 0 Å². The zero-order chi connectivity index (χ0) is 8.43. The van der Waals surface area contributed by atoms with Crippen molar-refractivity contribution < 1.29 is 14.7 Å². The van der Waals surface area contributed by atoms with Gasteiger partial charge in [0.1, 0.15) is 11.3 Å². The molecule has 0 saturated heterocycles. The lowest BCUT2D eigenvalue weighted by Crippen LogP contribution is -2.02. The summed E-state index contributed by atoms with van der Waals surface area (Å²) >= 11 is 0. The van der Waals surface area contributed by atoms with Crippen LogP contribution in [-0.2, 0) is 9.59 Å². The molecule has 0 bridgehead atoms. The molecule has 0 aliphatic heterocycles. The van der Waals surface area contributed by atoms with E-state index in [-0.39, 0.29) is 35.7 Å². The van der Waals surface area contributed by atoms with Gasteiger partial charge in [0.05, 0.1) is 0 Å². The van der Waals surface area contributed by atoms with Gasteiger partial charge >= 0.3 is 0 Å². The number of carbonyl (C=O) groups excluding carboxylic acids is 2. The molecule has 1 rings (SSSR count). The van der Waals surface area contributed by atoms with E-state index >= 15 is 0 Å². The van der Waals surface area contributed by atoms with Gasteiger partial charge in [-0.2, -0.15) is 0 Å². The summed E-state index contributed by atoms with van der Waals surface area (Å²) in [5, 5.41) is 9.02. The van der Waals surface area contributed by atoms with Crippen LogP contribution in [0.4, 0.5) is 0 Å². The Bertz CT molecular complexity index is 243. The smallest absolute Gasteiger partial charge is 0.170 e. The summed E-state index contributed by atoms with van der Waals surface area (Å²) in [6.07, 6.45) is 1.54. The molecule has 3 nitrogen and oxygen atoms in total. The van der Waals surface area contributed by atoms with Crippen molar-refractivity contribution in [1.82, 2.24) is 0 Å². The molecule has 1 saturated carbocycles. The van der Waals surface area contributed by atoms with Crippen molar-refractivity contribution in [1.29, 1.82) is 0 Å². The van der Waals surface area contributed by atoms with Crippen molar-refractivity contribution in [3.63, 3.8) is 0 Å². The van der Waals surface area contributed by atoms with Crippen LogP contribution in [0.2, 0.25) is 0 Å². The SMILES string of the molecule is C=CC(O)=C1C(=O)CCC1=O. The summed E-state index contributed by atoms with van der Waals surface area (Å²) in [6.45, 7) is 3.26. The van der Waals surface area contributed by atoms with Crippen LogP contribution >= 0.6 is 0 Å². The zero-order valence-electron chi connectivity index (χ0n) is 5.96. The van der Waals surface area contributed by atoms with Gasteiger partial charge in [-0.05, 0) is 6.08 Å². The fraction of sp³-hybridized carbons (Fsp3) is 0.250. The number of allylic oxidation sites excluding steroid dienone is 2. The monoisotopic (exact) mass is 152 g/mol. The largest absolute Gasteiger partial charge is 0.507 e. The molecule has 3 heteroatoms.